The molecule has 21 heavy (non-hydrogen) atoms. The van der Waals surface area contributed by atoms with Crippen molar-refractivity contribution in [2.24, 2.45) is 0 Å². The van der Waals surface area contributed by atoms with E-state index in [1.807, 2.05) is 55.5 Å². The second-order valence-corrected chi connectivity index (χ2v) is 5.10. The predicted octanol–water partition coefficient (Wildman–Crippen LogP) is 3.18. The molecule has 0 fully saturated rings. The third kappa shape index (κ3) is 1.76. The number of hydrogen-bond donors (Lipinski definition) is 1. The number of H-pyrrole nitrogens is 1. The number of aromatic nitrogens is 3. The van der Waals surface area contributed by atoms with Crippen molar-refractivity contribution < 1.29 is 0 Å². The van der Waals surface area contributed by atoms with Gasteiger partial charge in [-0.3, -0.25) is 4.79 Å². The molecule has 0 aliphatic heterocycles. The van der Waals surface area contributed by atoms with Crippen LogP contribution in [0.1, 0.15) is 5.56 Å². The first-order valence-electron chi connectivity index (χ1n) is 6.80. The molecule has 4 heteroatoms. The van der Waals surface area contributed by atoms with Crippen molar-refractivity contribution >= 4 is 21.9 Å². The van der Waals surface area contributed by atoms with Crippen LogP contribution < -0.4 is 5.56 Å². The molecule has 4 aromatic rings. The van der Waals surface area contributed by atoms with Gasteiger partial charge in [0.05, 0.1) is 16.6 Å². The summed E-state index contributed by atoms with van der Waals surface area (Å²) in [5.74, 6) is 0.557. The number of imidazole rings is 1. The molecule has 0 bridgehead atoms. The minimum absolute atomic E-state index is 0.0872. The Kier molecular flexibility index (Phi) is 2.44. The highest BCUT2D eigenvalue weighted by atomic mass is 16.1. The number of nitrogens with one attached hydrogen (secondary N) is 1. The maximum atomic E-state index is 12.4. The summed E-state index contributed by atoms with van der Waals surface area (Å²) in [6, 6.07) is 17.2. The molecule has 0 amide bonds. The Morgan fingerprint density at radius 3 is 2.71 bits per heavy atom. The van der Waals surface area contributed by atoms with Gasteiger partial charge < -0.3 is 4.98 Å². The molecule has 2 heterocycles. The number of aromatic amines is 1. The molecule has 102 valence electrons. The molecule has 0 radical (unpaired) electrons. The third-order valence-electron chi connectivity index (χ3n) is 3.71. The molecule has 2 aromatic heterocycles. The molecular weight excluding hydrogens is 262 g/mol. The highest BCUT2D eigenvalue weighted by Crippen LogP contribution is 2.20. The van der Waals surface area contributed by atoms with Gasteiger partial charge in [0.25, 0.3) is 5.56 Å². The highest BCUT2D eigenvalue weighted by molar-refractivity contribution is 5.84. The minimum Gasteiger partial charge on any atom is -0.323 e. The maximum absolute atomic E-state index is 12.4. The standard InChI is InChI=1S/C17H13N3O/c1-11-5-4-6-12-9-10-15(21)20(16(11)12)17-18-13-7-2-3-8-14(13)19-17/h2-10H,1H3,(H,18,19). The van der Waals surface area contributed by atoms with E-state index in [2.05, 4.69) is 9.97 Å². The van der Waals surface area contributed by atoms with E-state index in [4.69, 9.17) is 0 Å². The third-order valence-corrected chi connectivity index (χ3v) is 3.71. The smallest absolute Gasteiger partial charge is 0.257 e. The fourth-order valence-corrected chi connectivity index (χ4v) is 2.72. The van der Waals surface area contributed by atoms with Crippen LogP contribution in [-0.2, 0) is 0 Å². The summed E-state index contributed by atoms with van der Waals surface area (Å²) in [5.41, 5.74) is 3.63. The number of para-hydroxylation sites is 3. The zero-order valence-electron chi connectivity index (χ0n) is 11.5. The van der Waals surface area contributed by atoms with Crippen molar-refractivity contribution in [2.45, 2.75) is 6.92 Å². The highest BCUT2D eigenvalue weighted by Gasteiger charge is 2.11. The normalized spacial score (nSPS) is 11.3. The zero-order valence-corrected chi connectivity index (χ0v) is 11.5. The molecule has 0 saturated heterocycles. The van der Waals surface area contributed by atoms with Crippen molar-refractivity contribution in [2.75, 3.05) is 0 Å². The lowest BCUT2D eigenvalue weighted by molar-refractivity contribution is 0.955. The number of hydrogen-bond acceptors (Lipinski definition) is 2. The lowest BCUT2D eigenvalue weighted by Crippen LogP contribution is -2.19. The fraction of sp³-hybridized carbons (Fsp3) is 0.0588. The summed E-state index contributed by atoms with van der Waals surface area (Å²) in [6.45, 7) is 2.00. The van der Waals surface area contributed by atoms with Gasteiger partial charge in [-0.25, -0.2) is 9.55 Å². The summed E-state index contributed by atoms with van der Waals surface area (Å²) >= 11 is 0. The van der Waals surface area contributed by atoms with Crippen LogP contribution in [-0.4, -0.2) is 14.5 Å². The van der Waals surface area contributed by atoms with Gasteiger partial charge in [0.1, 0.15) is 0 Å². The number of fused-ring (bicyclic) bond motifs is 2. The number of rotatable bonds is 1. The van der Waals surface area contributed by atoms with Gasteiger partial charge >= 0.3 is 0 Å². The van der Waals surface area contributed by atoms with E-state index < -0.39 is 0 Å². The molecule has 0 atom stereocenters. The van der Waals surface area contributed by atoms with E-state index >= 15 is 0 Å². The lowest BCUT2D eigenvalue weighted by Gasteiger charge is -2.09. The summed E-state index contributed by atoms with van der Waals surface area (Å²) < 4.78 is 1.64. The second-order valence-electron chi connectivity index (χ2n) is 5.10. The van der Waals surface area contributed by atoms with Gasteiger partial charge in [0, 0.05) is 6.07 Å². The summed E-state index contributed by atoms with van der Waals surface area (Å²) in [6.07, 6.45) is 0. The molecular formula is C17H13N3O. The first kappa shape index (κ1) is 11.9. The van der Waals surface area contributed by atoms with Gasteiger partial charge in [-0.05, 0) is 36.1 Å². The Bertz CT molecular complexity index is 994. The van der Waals surface area contributed by atoms with Crippen molar-refractivity contribution in [1.82, 2.24) is 14.5 Å². The van der Waals surface area contributed by atoms with Gasteiger partial charge in [0.2, 0.25) is 5.95 Å². The van der Waals surface area contributed by atoms with Crippen LogP contribution >= 0.6 is 0 Å². The predicted molar refractivity (Wildman–Crippen MR) is 83.9 cm³/mol. The van der Waals surface area contributed by atoms with E-state index in [-0.39, 0.29) is 5.56 Å². The van der Waals surface area contributed by atoms with Gasteiger partial charge in [-0.1, -0.05) is 30.3 Å². The second kappa shape index (κ2) is 4.31. The van der Waals surface area contributed by atoms with E-state index in [1.165, 1.54) is 0 Å². The zero-order chi connectivity index (χ0) is 14.4. The van der Waals surface area contributed by atoms with Crippen LogP contribution in [0.4, 0.5) is 0 Å². The number of benzene rings is 2. The number of aryl methyl sites for hydroxylation is 1. The van der Waals surface area contributed by atoms with Gasteiger partial charge in [-0.2, -0.15) is 0 Å². The first-order valence-corrected chi connectivity index (χ1v) is 6.80. The molecule has 2 aromatic carbocycles. The SMILES string of the molecule is Cc1cccc2ccc(=O)n(-c3nc4ccccc4[nH]3)c12. The molecule has 1 N–H and O–H groups in total. The van der Waals surface area contributed by atoms with E-state index in [1.54, 1.807) is 10.6 Å². The molecule has 0 spiro atoms. The van der Waals surface area contributed by atoms with Crippen LogP contribution in [0.25, 0.3) is 27.9 Å². The van der Waals surface area contributed by atoms with Crippen LogP contribution in [0.5, 0.6) is 0 Å². The topological polar surface area (TPSA) is 50.7 Å². The average molecular weight is 275 g/mol. The molecule has 0 saturated carbocycles. The molecule has 0 unspecified atom stereocenters. The van der Waals surface area contributed by atoms with Gasteiger partial charge in [0.15, 0.2) is 0 Å². The maximum Gasteiger partial charge on any atom is 0.257 e. The van der Waals surface area contributed by atoms with Gasteiger partial charge in [-0.15, -0.1) is 0 Å². The average Bonchev–Trinajstić information content (AvgIpc) is 2.91. The monoisotopic (exact) mass is 275 g/mol. The molecule has 4 rings (SSSR count). The Balaban J connectivity index is 2.14. The van der Waals surface area contributed by atoms with Crippen molar-refractivity contribution in [3.8, 4) is 5.95 Å². The first-order chi connectivity index (χ1) is 10.2. The fourth-order valence-electron chi connectivity index (χ4n) is 2.72. The lowest BCUT2D eigenvalue weighted by atomic mass is 10.1. The molecule has 0 aliphatic carbocycles. The van der Waals surface area contributed by atoms with Crippen LogP contribution in [0.2, 0.25) is 0 Å². The van der Waals surface area contributed by atoms with Crippen LogP contribution in [0.3, 0.4) is 0 Å². The summed E-state index contributed by atoms with van der Waals surface area (Å²) in [7, 11) is 0. The Labute approximate surface area is 120 Å². The quantitative estimate of drug-likeness (QED) is 0.580. The molecule has 4 nitrogen and oxygen atoms in total. The minimum atomic E-state index is -0.0872. The van der Waals surface area contributed by atoms with E-state index in [0.717, 1.165) is 27.5 Å². The summed E-state index contributed by atoms with van der Waals surface area (Å²) in [4.78, 5) is 20.1. The Morgan fingerprint density at radius 2 is 1.86 bits per heavy atom. The summed E-state index contributed by atoms with van der Waals surface area (Å²) in [5, 5.41) is 1.02. The largest absolute Gasteiger partial charge is 0.323 e. The number of nitrogens with zero attached hydrogens (tertiary/aromatic N) is 2. The number of pyridine rings is 1. The van der Waals surface area contributed by atoms with Crippen LogP contribution in [0.15, 0.2) is 59.4 Å². The van der Waals surface area contributed by atoms with E-state index in [9.17, 15) is 4.79 Å². The van der Waals surface area contributed by atoms with E-state index in [0.29, 0.717) is 5.95 Å². The molecule has 0 aliphatic rings. The van der Waals surface area contributed by atoms with Crippen LogP contribution in [0, 0.1) is 6.92 Å². The van der Waals surface area contributed by atoms with Crippen molar-refractivity contribution in [3.63, 3.8) is 0 Å². The Hall–Kier alpha value is -2.88. The van der Waals surface area contributed by atoms with Crippen molar-refractivity contribution in [1.29, 1.82) is 0 Å². The Morgan fingerprint density at radius 1 is 1.00 bits per heavy atom. The van der Waals surface area contributed by atoms with Crippen molar-refractivity contribution in [3.05, 3.63) is 70.5 Å².